The van der Waals surface area contributed by atoms with E-state index in [1.807, 2.05) is 54.7 Å². The van der Waals surface area contributed by atoms with Gasteiger partial charge < -0.3 is 10.6 Å². The van der Waals surface area contributed by atoms with Gasteiger partial charge in [-0.15, -0.1) is 0 Å². The van der Waals surface area contributed by atoms with Crippen LogP contribution in [0.4, 0.5) is 11.4 Å². The normalized spacial score (nSPS) is 14.8. The summed E-state index contributed by atoms with van der Waals surface area (Å²) in [5.74, 6) is -0.258. The number of anilines is 2. The maximum atomic E-state index is 12.6. The molecule has 24 heavy (non-hydrogen) atoms. The molecule has 0 bridgehead atoms. The number of para-hydroxylation sites is 2. The predicted molar refractivity (Wildman–Crippen MR) is 94.1 cm³/mol. The molecule has 6 heteroatoms. The van der Waals surface area contributed by atoms with Crippen molar-refractivity contribution in [2.75, 3.05) is 23.3 Å². The third-order valence-corrected chi connectivity index (χ3v) is 4.37. The summed E-state index contributed by atoms with van der Waals surface area (Å²) in [4.78, 5) is 25.9. The van der Waals surface area contributed by atoms with E-state index in [0.29, 0.717) is 10.7 Å². The maximum absolute atomic E-state index is 12.6. The molecule has 0 saturated heterocycles. The fourth-order valence-corrected chi connectivity index (χ4v) is 2.87. The van der Waals surface area contributed by atoms with Gasteiger partial charge in [-0.2, -0.15) is 0 Å². The van der Waals surface area contributed by atoms with E-state index in [-0.39, 0.29) is 30.9 Å². The Morgan fingerprint density at radius 2 is 1.96 bits per heavy atom. The summed E-state index contributed by atoms with van der Waals surface area (Å²) in [5, 5.41) is 5.44. The maximum Gasteiger partial charge on any atom is 0.282 e. The molecule has 1 aliphatic heterocycles. The van der Waals surface area contributed by atoms with Gasteiger partial charge in [0.15, 0.2) is 6.54 Å². The van der Waals surface area contributed by atoms with Gasteiger partial charge >= 0.3 is 0 Å². The molecule has 5 nitrogen and oxygen atoms in total. The number of benzene rings is 2. The first-order valence-corrected chi connectivity index (χ1v) is 8.20. The number of rotatable bonds is 4. The molecule has 2 aromatic carbocycles. The van der Waals surface area contributed by atoms with Crippen LogP contribution in [-0.2, 0) is 9.59 Å². The van der Waals surface area contributed by atoms with E-state index in [0.717, 1.165) is 11.3 Å². The van der Waals surface area contributed by atoms with Gasteiger partial charge in [0.25, 0.3) is 5.91 Å². The van der Waals surface area contributed by atoms with Crippen LogP contribution in [0.2, 0.25) is 5.02 Å². The highest BCUT2D eigenvalue weighted by atomic mass is 35.5. The van der Waals surface area contributed by atoms with Crippen molar-refractivity contribution in [3.63, 3.8) is 0 Å². The quantitative estimate of drug-likeness (QED) is 0.890. The molecule has 0 spiro atoms. The van der Waals surface area contributed by atoms with E-state index in [1.54, 1.807) is 11.0 Å². The van der Waals surface area contributed by atoms with Gasteiger partial charge in [0.05, 0.1) is 11.4 Å². The molecule has 0 saturated carbocycles. The molecule has 2 amide bonds. The van der Waals surface area contributed by atoms with Gasteiger partial charge in [-0.3, -0.25) is 14.5 Å². The topological polar surface area (TPSA) is 66.0 Å². The minimum absolute atomic E-state index is 0.0546. The van der Waals surface area contributed by atoms with Crippen molar-refractivity contribution in [3.8, 4) is 0 Å². The lowest BCUT2D eigenvalue weighted by Gasteiger charge is -2.28. The standard InChI is InChI=1S/C18H18ClN3O2/c1-12(13-6-8-14(19)9-7-13)20-10-18(24)22-11-17(23)21-15-4-2-3-5-16(15)22/h2-9,12,20H,10-11H2,1H3,(H,21,23)/p+1/t12-/m0/s1. The fourth-order valence-electron chi connectivity index (χ4n) is 2.75. The van der Waals surface area contributed by atoms with Crippen molar-refractivity contribution in [1.29, 1.82) is 0 Å². The van der Waals surface area contributed by atoms with Crippen LogP contribution in [0.5, 0.6) is 0 Å². The molecule has 124 valence electrons. The molecular formula is C18H19ClN3O2+. The van der Waals surface area contributed by atoms with Crippen LogP contribution in [0.1, 0.15) is 18.5 Å². The van der Waals surface area contributed by atoms with Gasteiger partial charge in [0.2, 0.25) is 5.91 Å². The minimum Gasteiger partial charge on any atom is -0.333 e. The summed E-state index contributed by atoms with van der Waals surface area (Å²) in [6.45, 7) is 2.36. The lowest BCUT2D eigenvalue weighted by atomic mass is 10.1. The highest BCUT2D eigenvalue weighted by Gasteiger charge is 2.27. The van der Waals surface area contributed by atoms with Crippen molar-refractivity contribution < 1.29 is 14.9 Å². The van der Waals surface area contributed by atoms with Crippen molar-refractivity contribution in [3.05, 3.63) is 59.1 Å². The van der Waals surface area contributed by atoms with Crippen molar-refractivity contribution in [1.82, 2.24) is 0 Å². The van der Waals surface area contributed by atoms with Crippen LogP contribution in [0.15, 0.2) is 48.5 Å². The largest absolute Gasteiger partial charge is 0.333 e. The molecule has 2 aromatic rings. The summed E-state index contributed by atoms with van der Waals surface area (Å²) in [6.07, 6.45) is 0. The third kappa shape index (κ3) is 3.58. The SMILES string of the molecule is C[C@H]([NH2+]CC(=O)N1CC(=O)Nc2ccccc21)c1ccc(Cl)cc1. The molecule has 1 atom stereocenters. The molecule has 0 fully saturated rings. The van der Waals surface area contributed by atoms with Crippen LogP contribution in [-0.4, -0.2) is 24.9 Å². The number of nitrogens with two attached hydrogens (primary N) is 1. The number of hydrogen-bond acceptors (Lipinski definition) is 2. The van der Waals surface area contributed by atoms with Gasteiger partial charge in [-0.1, -0.05) is 35.9 Å². The van der Waals surface area contributed by atoms with Crippen LogP contribution in [0, 0.1) is 0 Å². The number of carbonyl (C=O) groups is 2. The lowest BCUT2D eigenvalue weighted by molar-refractivity contribution is -0.682. The third-order valence-electron chi connectivity index (χ3n) is 4.11. The first-order chi connectivity index (χ1) is 11.5. The zero-order valence-electron chi connectivity index (χ0n) is 13.3. The molecule has 1 aliphatic rings. The fraction of sp³-hybridized carbons (Fsp3) is 0.222. The Balaban J connectivity index is 1.67. The van der Waals surface area contributed by atoms with E-state index in [4.69, 9.17) is 11.6 Å². The monoisotopic (exact) mass is 344 g/mol. The van der Waals surface area contributed by atoms with Gasteiger partial charge in [-0.05, 0) is 31.2 Å². The number of halogens is 1. The molecule has 3 N–H and O–H groups in total. The first-order valence-electron chi connectivity index (χ1n) is 7.82. The molecule has 1 heterocycles. The molecule has 3 rings (SSSR count). The number of fused-ring (bicyclic) bond motifs is 1. The smallest absolute Gasteiger partial charge is 0.282 e. The Kier molecular flexibility index (Phi) is 4.83. The summed E-state index contributed by atoms with van der Waals surface area (Å²) in [5.41, 5.74) is 2.52. The molecular weight excluding hydrogens is 326 g/mol. The van der Waals surface area contributed by atoms with Crippen molar-refractivity contribution in [2.24, 2.45) is 0 Å². The second kappa shape index (κ2) is 7.03. The number of amides is 2. The Bertz CT molecular complexity index is 761. The van der Waals surface area contributed by atoms with Crippen LogP contribution in [0.25, 0.3) is 0 Å². The number of nitrogens with one attached hydrogen (secondary N) is 1. The first kappa shape index (κ1) is 16.5. The Hall–Kier alpha value is -2.37. The zero-order chi connectivity index (χ0) is 17.1. The van der Waals surface area contributed by atoms with Crippen LogP contribution in [0.3, 0.4) is 0 Å². The highest BCUT2D eigenvalue weighted by molar-refractivity contribution is 6.30. The highest BCUT2D eigenvalue weighted by Crippen LogP contribution is 2.28. The Morgan fingerprint density at radius 1 is 1.25 bits per heavy atom. The van der Waals surface area contributed by atoms with Crippen LogP contribution < -0.4 is 15.5 Å². The Labute approximate surface area is 145 Å². The number of nitrogens with zero attached hydrogens (tertiary/aromatic N) is 1. The average molecular weight is 345 g/mol. The van der Waals surface area contributed by atoms with E-state index in [1.165, 1.54) is 0 Å². The summed E-state index contributed by atoms with van der Waals surface area (Å²) < 4.78 is 0. The average Bonchev–Trinajstić information content (AvgIpc) is 2.59. The number of carbonyl (C=O) groups excluding carboxylic acids is 2. The van der Waals surface area contributed by atoms with Crippen LogP contribution >= 0.6 is 11.6 Å². The van der Waals surface area contributed by atoms with Crippen molar-refractivity contribution in [2.45, 2.75) is 13.0 Å². The van der Waals surface area contributed by atoms with E-state index in [9.17, 15) is 9.59 Å². The van der Waals surface area contributed by atoms with Crippen molar-refractivity contribution >= 4 is 34.8 Å². The van der Waals surface area contributed by atoms with E-state index in [2.05, 4.69) is 5.32 Å². The molecule has 0 aliphatic carbocycles. The summed E-state index contributed by atoms with van der Waals surface area (Å²) in [7, 11) is 0. The van der Waals surface area contributed by atoms with Gasteiger partial charge in [0, 0.05) is 10.6 Å². The lowest BCUT2D eigenvalue weighted by Crippen LogP contribution is -2.87. The summed E-state index contributed by atoms with van der Waals surface area (Å²) >= 11 is 5.90. The van der Waals surface area contributed by atoms with Gasteiger partial charge in [-0.25, -0.2) is 0 Å². The molecule has 0 unspecified atom stereocenters. The van der Waals surface area contributed by atoms with Gasteiger partial charge in [0.1, 0.15) is 12.6 Å². The molecule has 0 radical (unpaired) electrons. The predicted octanol–water partition coefficient (Wildman–Crippen LogP) is 1.95. The van der Waals surface area contributed by atoms with E-state index >= 15 is 0 Å². The second-order valence-corrected chi connectivity index (χ2v) is 6.26. The summed E-state index contributed by atoms with van der Waals surface area (Å²) in [6, 6.07) is 15.1. The minimum atomic E-state index is -0.173. The molecule has 0 aromatic heterocycles. The Morgan fingerprint density at radius 3 is 2.71 bits per heavy atom. The number of quaternary nitrogens is 1. The number of hydrogen-bond donors (Lipinski definition) is 2. The zero-order valence-corrected chi connectivity index (χ0v) is 14.1. The van der Waals surface area contributed by atoms with E-state index < -0.39 is 0 Å². The second-order valence-electron chi connectivity index (χ2n) is 5.83.